The topological polar surface area (TPSA) is 26.9 Å². The van der Waals surface area contributed by atoms with Crippen LogP contribution in [0, 0.1) is 0 Å². The average Bonchev–Trinajstić information content (AvgIpc) is 2.97. The van der Waals surface area contributed by atoms with Crippen LogP contribution in [-0.2, 0) is 14.1 Å². The maximum Gasteiger partial charge on any atom is 0.328 e. The first-order chi connectivity index (χ1) is 9.91. The molecule has 2 heterocycles. The standard InChI is InChI=1S/C14H11Br2ClN2OS/c1-18-10-5-7(12(17)13-8(15)3-4-21-13)9(16)6-11(10)19(2)14(18)20/h3-6,12H,1-2H3. The summed E-state index contributed by atoms with van der Waals surface area (Å²) in [6, 6.07) is 5.91. The smallest absolute Gasteiger partial charge is 0.295 e. The fraction of sp³-hybridized carbons (Fsp3) is 0.214. The van der Waals surface area contributed by atoms with Crippen LogP contribution in [0.5, 0.6) is 0 Å². The number of rotatable bonds is 2. The molecule has 21 heavy (non-hydrogen) atoms. The fourth-order valence-corrected chi connectivity index (χ4v) is 5.23. The zero-order valence-corrected chi connectivity index (χ0v) is 16.0. The van der Waals surface area contributed by atoms with E-state index in [0.29, 0.717) is 0 Å². The third-order valence-corrected chi connectivity index (χ3v) is 6.74. The van der Waals surface area contributed by atoms with E-state index in [2.05, 4.69) is 31.9 Å². The Labute approximate surface area is 147 Å². The Morgan fingerprint density at radius 2 is 1.76 bits per heavy atom. The van der Waals surface area contributed by atoms with Crippen LogP contribution < -0.4 is 5.69 Å². The number of fused-ring (bicyclic) bond motifs is 1. The summed E-state index contributed by atoms with van der Waals surface area (Å²) in [4.78, 5) is 13.1. The molecule has 0 spiro atoms. The number of hydrogen-bond donors (Lipinski definition) is 0. The van der Waals surface area contributed by atoms with Gasteiger partial charge in [0.1, 0.15) is 0 Å². The van der Waals surface area contributed by atoms with Gasteiger partial charge in [-0.05, 0) is 45.1 Å². The minimum absolute atomic E-state index is 0.0440. The Bertz CT molecular complexity index is 896. The molecular weight excluding hydrogens is 439 g/mol. The van der Waals surface area contributed by atoms with Crippen LogP contribution in [-0.4, -0.2) is 9.13 Å². The molecule has 3 nitrogen and oxygen atoms in total. The summed E-state index contributed by atoms with van der Waals surface area (Å²) in [5, 5.41) is 1.73. The molecule has 0 saturated carbocycles. The molecule has 0 N–H and O–H groups in total. The van der Waals surface area contributed by atoms with Crippen molar-refractivity contribution in [2.45, 2.75) is 5.38 Å². The van der Waals surface area contributed by atoms with Crippen LogP contribution in [0.2, 0.25) is 0 Å². The minimum atomic E-state index is -0.270. The SMILES string of the molecule is Cn1c(=O)n(C)c2cc(C(Cl)c3sccc3Br)c(Br)cc21. The summed E-state index contributed by atoms with van der Waals surface area (Å²) < 4.78 is 5.17. The maximum absolute atomic E-state index is 12.0. The Kier molecular flexibility index (Phi) is 4.07. The fourth-order valence-electron chi connectivity index (χ4n) is 2.36. The molecule has 0 bridgehead atoms. The van der Waals surface area contributed by atoms with Gasteiger partial charge >= 0.3 is 5.69 Å². The summed E-state index contributed by atoms with van der Waals surface area (Å²) in [6.07, 6.45) is 0. The van der Waals surface area contributed by atoms with E-state index >= 15 is 0 Å². The second kappa shape index (κ2) is 5.57. The quantitative estimate of drug-likeness (QED) is 0.516. The highest BCUT2D eigenvalue weighted by molar-refractivity contribution is 9.10. The van der Waals surface area contributed by atoms with Crippen LogP contribution in [0.15, 0.2) is 37.3 Å². The van der Waals surface area contributed by atoms with Gasteiger partial charge in [-0.25, -0.2) is 4.79 Å². The van der Waals surface area contributed by atoms with Gasteiger partial charge in [-0.1, -0.05) is 15.9 Å². The molecule has 3 aromatic rings. The van der Waals surface area contributed by atoms with Gasteiger partial charge in [-0.2, -0.15) is 0 Å². The number of alkyl halides is 1. The number of benzene rings is 1. The largest absolute Gasteiger partial charge is 0.328 e. The van der Waals surface area contributed by atoms with Gasteiger partial charge < -0.3 is 0 Å². The van der Waals surface area contributed by atoms with E-state index in [0.717, 1.165) is 30.4 Å². The highest BCUT2D eigenvalue weighted by Crippen LogP contribution is 2.41. The van der Waals surface area contributed by atoms with Crippen molar-refractivity contribution in [3.05, 3.63) is 53.4 Å². The summed E-state index contributed by atoms with van der Waals surface area (Å²) in [7, 11) is 3.54. The summed E-state index contributed by atoms with van der Waals surface area (Å²) in [5.74, 6) is 0. The molecule has 1 aromatic carbocycles. The van der Waals surface area contributed by atoms with E-state index in [9.17, 15) is 4.79 Å². The van der Waals surface area contributed by atoms with Crippen molar-refractivity contribution in [2.24, 2.45) is 14.1 Å². The average molecular weight is 451 g/mol. The molecule has 0 aliphatic carbocycles. The number of aryl methyl sites for hydroxylation is 2. The normalized spacial score (nSPS) is 13.0. The molecule has 0 fully saturated rings. The van der Waals surface area contributed by atoms with Crippen LogP contribution >= 0.6 is 54.8 Å². The summed E-state index contributed by atoms with van der Waals surface area (Å²) in [5.41, 5.74) is 2.66. The summed E-state index contributed by atoms with van der Waals surface area (Å²) in [6.45, 7) is 0. The van der Waals surface area contributed by atoms with E-state index in [1.54, 1.807) is 34.6 Å². The van der Waals surface area contributed by atoms with E-state index in [1.807, 2.05) is 23.6 Å². The molecule has 0 amide bonds. The number of nitrogens with zero attached hydrogens (tertiary/aromatic N) is 2. The van der Waals surface area contributed by atoms with Gasteiger partial charge in [0.15, 0.2) is 0 Å². The van der Waals surface area contributed by atoms with Gasteiger partial charge in [0.05, 0.1) is 16.4 Å². The van der Waals surface area contributed by atoms with Crippen molar-refractivity contribution < 1.29 is 0 Å². The number of imidazole rings is 1. The highest BCUT2D eigenvalue weighted by atomic mass is 79.9. The zero-order valence-electron chi connectivity index (χ0n) is 11.2. The number of halogens is 3. The first-order valence-electron chi connectivity index (χ1n) is 6.13. The Morgan fingerprint density at radius 1 is 1.14 bits per heavy atom. The van der Waals surface area contributed by atoms with Crippen molar-refractivity contribution in [1.82, 2.24) is 9.13 Å². The Hall–Kier alpha value is -0.560. The van der Waals surface area contributed by atoms with E-state index < -0.39 is 0 Å². The molecule has 0 aliphatic heterocycles. The maximum atomic E-state index is 12.0. The predicted octanol–water partition coefficient (Wildman–Crippen LogP) is 4.79. The highest BCUT2D eigenvalue weighted by Gasteiger charge is 2.20. The van der Waals surface area contributed by atoms with Gasteiger partial charge in [-0.15, -0.1) is 22.9 Å². The molecule has 3 rings (SSSR count). The lowest BCUT2D eigenvalue weighted by atomic mass is 10.1. The zero-order chi connectivity index (χ0) is 15.3. The third kappa shape index (κ3) is 2.42. The van der Waals surface area contributed by atoms with Crippen molar-refractivity contribution in [3.8, 4) is 0 Å². The first-order valence-corrected chi connectivity index (χ1v) is 9.04. The van der Waals surface area contributed by atoms with Crippen LogP contribution in [0.1, 0.15) is 15.8 Å². The lowest BCUT2D eigenvalue weighted by molar-refractivity contribution is 0.795. The molecule has 7 heteroatoms. The van der Waals surface area contributed by atoms with Crippen molar-refractivity contribution >= 4 is 65.8 Å². The van der Waals surface area contributed by atoms with Crippen LogP contribution in [0.4, 0.5) is 0 Å². The number of thiophene rings is 1. The van der Waals surface area contributed by atoms with E-state index in [1.165, 1.54) is 0 Å². The number of aromatic nitrogens is 2. The van der Waals surface area contributed by atoms with Crippen LogP contribution in [0.25, 0.3) is 11.0 Å². The Morgan fingerprint density at radius 3 is 2.33 bits per heavy atom. The van der Waals surface area contributed by atoms with Crippen LogP contribution in [0.3, 0.4) is 0 Å². The lowest BCUT2D eigenvalue weighted by Crippen LogP contribution is -2.19. The molecule has 110 valence electrons. The van der Waals surface area contributed by atoms with Crippen molar-refractivity contribution in [3.63, 3.8) is 0 Å². The second-order valence-electron chi connectivity index (χ2n) is 4.76. The van der Waals surface area contributed by atoms with Crippen molar-refractivity contribution in [2.75, 3.05) is 0 Å². The van der Waals surface area contributed by atoms with Gasteiger partial charge in [-0.3, -0.25) is 9.13 Å². The number of hydrogen-bond acceptors (Lipinski definition) is 2. The molecule has 1 atom stereocenters. The third-order valence-electron chi connectivity index (χ3n) is 3.54. The first kappa shape index (κ1) is 15.3. The Balaban J connectivity index is 2.24. The summed E-state index contributed by atoms with van der Waals surface area (Å²) >= 11 is 15.3. The molecule has 0 radical (unpaired) electrons. The molecule has 0 saturated heterocycles. The molecular formula is C14H11Br2ClN2OS. The molecule has 2 aromatic heterocycles. The second-order valence-corrected chi connectivity index (χ2v) is 7.85. The monoisotopic (exact) mass is 448 g/mol. The molecule has 1 unspecified atom stereocenters. The predicted molar refractivity (Wildman–Crippen MR) is 95.6 cm³/mol. The minimum Gasteiger partial charge on any atom is -0.295 e. The van der Waals surface area contributed by atoms with E-state index in [-0.39, 0.29) is 11.1 Å². The lowest BCUT2D eigenvalue weighted by Gasteiger charge is -2.12. The van der Waals surface area contributed by atoms with Gasteiger partial charge in [0, 0.05) is 27.9 Å². The van der Waals surface area contributed by atoms with E-state index in [4.69, 9.17) is 11.6 Å². The van der Waals surface area contributed by atoms with Gasteiger partial charge in [0.25, 0.3) is 0 Å². The van der Waals surface area contributed by atoms with Gasteiger partial charge in [0.2, 0.25) is 0 Å². The molecule has 0 aliphatic rings. The van der Waals surface area contributed by atoms with Crippen molar-refractivity contribution in [1.29, 1.82) is 0 Å².